The van der Waals surface area contributed by atoms with E-state index in [2.05, 4.69) is 0 Å². The first kappa shape index (κ1) is 26.1. The molecule has 0 atom stereocenters. The van der Waals surface area contributed by atoms with Crippen molar-refractivity contribution in [1.29, 1.82) is 0 Å². The fraction of sp³-hybridized carbons (Fsp3) is 0.500. The third-order valence-electron chi connectivity index (χ3n) is 3.63. The van der Waals surface area contributed by atoms with Crippen molar-refractivity contribution in [1.82, 2.24) is 0 Å². The summed E-state index contributed by atoms with van der Waals surface area (Å²) < 4.78 is 5.42. The molecule has 0 radical (unpaired) electrons. The van der Waals surface area contributed by atoms with Gasteiger partial charge in [0.1, 0.15) is 5.41 Å². The number of allylic oxidation sites excluding steroid dienone is 4. The van der Waals surface area contributed by atoms with E-state index < -0.39 is 22.8 Å². The van der Waals surface area contributed by atoms with Crippen molar-refractivity contribution in [3.63, 3.8) is 0 Å². The van der Waals surface area contributed by atoms with E-state index in [1.54, 1.807) is 64.2 Å². The van der Waals surface area contributed by atoms with Crippen LogP contribution in [0.2, 0.25) is 0 Å². The SMILES string of the molecule is C/C=C/C(/C=C/C)(C(=O)[O-])C(/C=C/C)(/C=C/C)C(=O)OCC(C)C.[Na+]. The topological polar surface area (TPSA) is 66.4 Å². The first-order valence-corrected chi connectivity index (χ1v) is 8.22. The van der Waals surface area contributed by atoms with Crippen molar-refractivity contribution in [2.45, 2.75) is 41.5 Å². The zero-order chi connectivity index (χ0) is 18.8. The average Bonchev–Trinajstić information content (AvgIpc) is 2.51. The van der Waals surface area contributed by atoms with E-state index in [1.165, 1.54) is 12.2 Å². The Morgan fingerprint density at radius 3 is 1.52 bits per heavy atom. The monoisotopic (exact) mass is 356 g/mol. The molecule has 0 unspecified atom stereocenters. The van der Waals surface area contributed by atoms with Crippen LogP contribution in [0.4, 0.5) is 0 Å². The molecule has 0 saturated heterocycles. The molecular formula is C20H29NaO4. The molecule has 0 heterocycles. The summed E-state index contributed by atoms with van der Waals surface area (Å²) in [5.74, 6) is -1.84. The van der Waals surface area contributed by atoms with Crippen LogP contribution in [0.1, 0.15) is 41.5 Å². The molecule has 0 amide bonds. The standard InChI is InChI=1S/C20H30O4.Na/c1-7-11-19(12-8-2,17(21)22)20(13-9-3,14-10-4)18(23)24-15-16(5)6;/h7-14,16H,15H2,1-6H3,(H,21,22);/q;+1/p-1/b11-7+,12-8+,13-9+,14-10+;. The van der Waals surface area contributed by atoms with E-state index in [1.807, 2.05) is 13.8 Å². The Labute approximate surface area is 174 Å². The van der Waals surface area contributed by atoms with Crippen molar-refractivity contribution >= 4 is 11.9 Å². The smallest absolute Gasteiger partial charge is 0.549 e. The van der Waals surface area contributed by atoms with Crippen molar-refractivity contribution in [2.24, 2.45) is 16.7 Å². The number of aliphatic carboxylic acids is 1. The number of carboxylic acids is 1. The summed E-state index contributed by atoms with van der Waals surface area (Å²) in [5.41, 5.74) is -3.20. The summed E-state index contributed by atoms with van der Waals surface area (Å²) in [6.45, 7) is 10.9. The zero-order valence-corrected chi connectivity index (χ0v) is 18.5. The number of rotatable bonds is 9. The van der Waals surface area contributed by atoms with Crippen molar-refractivity contribution in [3.05, 3.63) is 48.6 Å². The van der Waals surface area contributed by atoms with Gasteiger partial charge in [-0.15, -0.1) is 0 Å². The van der Waals surface area contributed by atoms with Crippen LogP contribution in [-0.2, 0) is 14.3 Å². The van der Waals surface area contributed by atoms with Crippen LogP contribution in [-0.4, -0.2) is 18.5 Å². The maximum atomic E-state index is 13.0. The minimum absolute atomic E-state index is 0. The van der Waals surface area contributed by atoms with E-state index in [0.29, 0.717) is 0 Å². The van der Waals surface area contributed by atoms with Gasteiger partial charge in [-0.1, -0.05) is 62.5 Å². The molecule has 0 aromatic carbocycles. The Bertz CT molecular complexity index is 518. The molecule has 4 nitrogen and oxygen atoms in total. The van der Waals surface area contributed by atoms with E-state index in [0.717, 1.165) is 0 Å². The molecule has 0 aromatic heterocycles. The molecule has 0 saturated carbocycles. The second-order valence-corrected chi connectivity index (χ2v) is 6.02. The first-order valence-electron chi connectivity index (χ1n) is 8.22. The number of esters is 1. The number of carboxylic acid groups (broad SMARTS) is 1. The van der Waals surface area contributed by atoms with E-state index in [-0.39, 0.29) is 42.1 Å². The van der Waals surface area contributed by atoms with Crippen LogP contribution in [0.5, 0.6) is 0 Å². The fourth-order valence-corrected chi connectivity index (χ4v) is 2.69. The summed E-state index contributed by atoms with van der Waals surface area (Å²) in [6, 6.07) is 0. The Morgan fingerprint density at radius 1 is 0.880 bits per heavy atom. The van der Waals surface area contributed by atoms with Gasteiger partial charge < -0.3 is 14.6 Å². The molecule has 0 rings (SSSR count). The molecule has 25 heavy (non-hydrogen) atoms. The van der Waals surface area contributed by atoms with Gasteiger partial charge in [-0.05, 0) is 33.6 Å². The Morgan fingerprint density at radius 2 is 1.24 bits per heavy atom. The number of carbonyl (C=O) groups is 2. The number of ether oxygens (including phenoxy) is 1. The van der Waals surface area contributed by atoms with Crippen molar-refractivity contribution in [2.75, 3.05) is 6.61 Å². The fourth-order valence-electron chi connectivity index (χ4n) is 2.69. The Balaban J connectivity index is 0. The van der Waals surface area contributed by atoms with Gasteiger partial charge in [0.05, 0.1) is 18.0 Å². The predicted octanol–water partition coefficient (Wildman–Crippen LogP) is 0.217. The maximum Gasteiger partial charge on any atom is 1.00 e. The average molecular weight is 356 g/mol. The summed E-state index contributed by atoms with van der Waals surface area (Å²) in [7, 11) is 0. The second kappa shape index (κ2) is 12.3. The number of carbonyl (C=O) groups excluding carboxylic acids is 2. The van der Waals surface area contributed by atoms with Crippen LogP contribution < -0.4 is 34.7 Å². The van der Waals surface area contributed by atoms with Crippen LogP contribution in [0.15, 0.2) is 48.6 Å². The molecule has 0 N–H and O–H groups in total. The van der Waals surface area contributed by atoms with E-state index in [9.17, 15) is 14.7 Å². The molecule has 0 aliphatic rings. The minimum Gasteiger partial charge on any atom is -0.549 e. The van der Waals surface area contributed by atoms with Gasteiger partial charge in [-0.25, -0.2) is 0 Å². The molecular weight excluding hydrogens is 327 g/mol. The van der Waals surface area contributed by atoms with Crippen molar-refractivity contribution in [3.8, 4) is 0 Å². The first-order chi connectivity index (χ1) is 11.3. The number of hydrogen-bond donors (Lipinski definition) is 0. The summed E-state index contributed by atoms with van der Waals surface area (Å²) >= 11 is 0. The second-order valence-electron chi connectivity index (χ2n) is 6.02. The summed E-state index contributed by atoms with van der Waals surface area (Å²) in [4.78, 5) is 25.1. The van der Waals surface area contributed by atoms with Gasteiger partial charge in [-0.3, -0.25) is 4.79 Å². The van der Waals surface area contributed by atoms with Gasteiger partial charge in [0.25, 0.3) is 0 Å². The minimum atomic E-state index is -1.68. The van der Waals surface area contributed by atoms with Crippen LogP contribution in [0, 0.1) is 16.7 Å². The maximum absolute atomic E-state index is 13.0. The van der Waals surface area contributed by atoms with Gasteiger partial charge in [0.2, 0.25) is 0 Å². The van der Waals surface area contributed by atoms with Gasteiger partial charge in [-0.2, -0.15) is 0 Å². The normalized spacial score (nSPS) is 13.2. The van der Waals surface area contributed by atoms with Crippen LogP contribution in [0.25, 0.3) is 0 Å². The number of hydrogen-bond acceptors (Lipinski definition) is 4. The summed E-state index contributed by atoms with van der Waals surface area (Å²) in [6.07, 6.45) is 12.6. The molecule has 0 bridgehead atoms. The molecule has 0 fully saturated rings. The molecule has 0 aromatic rings. The molecule has 0 spiro atoms. The zero-order valence-electron chi connectivity index (χ0n) is 16.5. The summed E-state index contributed by atoms with van der Waals surface area (Å²) in [5, 5.41) is 12.2. The van der Waals surface area contributed by atoms with Crippen LogP contribution in [0.3, 0.4) is 0 Å². The Hall–Kier alpha value is -1.10. The van der Waals surface area contributed by atoms with Gasteiger partial charge in [0.15, 0.2) is 0 Å². The third-order valence-corrected chi connectivity index (χ3v) is 3.63. The van der Waals surface area contributed by atoms with Gasteiger partial charge >= 0.3 is 35.5 Å². The van der Waals surface area contributed by atoms with E-state index >= 15 is 0 Å². The van der Waals surface area contributed by atoms with E-state index in [4.69, 9.17) is 4.74 Å². The molecule has 0 aliphatic heterocycles. The van der Waals surface area contributed by atoms with Crippen LogP contribution >= 0.6 is 0 Å². The Kier molecular flexibility index (Phi) is 12.8. The largest absolute Gasteiger partial charge is 1.00 e. The predicted molar refractivity (Wildman–Crippen MR) is 94.9 cm³/mol. The quantitative estimate of drug-likeness (QED) is 0.337. The molecule has 5 heteroatoms. The molecule has 0 aliphatic carbocycles. The van der Waals surface area contributed by atoms with Crippen molar-refractivity contribution < 1.29 is 49.0 Å². The third kappa shape index (κ3) is 5.98. The van der Waals surface area contributed by atoms with Gasteiger partial charge in [0, 0.05) is 0 Å². The molecule has 134 valence electrons.